The van der Waals surface area contributed by atoms with Gasteiger partial charge in [-0.3, -0.25) is 0 Å². The Bertz CT molecular complexity index is 829. The van der Waals surface area contributed by atoms with Crippen LogP contribution in [-0.4, -0.2) is 52.1 Å². The summed E-state index contributed by atoms with van der Waals surface area (Å²) in [6.45, 7) is 7.13. The molecule has 1 aliphatic rings. The van der Waals surface area contributed by atoms with Gasteiger partial charge in [0, 0.05) is 26.2 Å². The molecule has 1 aromatic carbocycles. The first-order valence-corrected chi connectivity index (χ1v) is 12.0. The second-order valence-corrected chi connectivity index (χ2v) is 10.4. The van der Waals surface area contributed by atoms with Crippen molar-refractivity contribution in [3.63, 3.8) is 0 Å². The monoisotopic (exact) mass is 469 g/mol. The van der Waals surface area contributed by atoms with E-state index >= 15 is 0 Å². The Morgan fingerprint density at radius 2 is 1.45 bits per heavy atom. The van der Waals surface area contributed by atoms with E-state index in [1.165, 1.54) is 4.90 Å². The number of ether oxygens (including phenoxy) is 1. The lowest BCUT2D eigenvalue weighted by molar-refractivity contribution is -0.00565. The van der Waals surface area contributed by atoms with E-state index in [-0.39, 0.29) is 38.4 Å². The molecule has 1 aliphatic heterocycles. The van der Waals surface area contributed by atoms with E-state index in [0.717, 1.165) is 0 Å². The standard InChI is InChI=1S/C20H31F4N3O3S/c1-12(2)31(28,29)26-9-7-5-6-8-25-19-15(21)17(23)20(18(24)16(19)22)27-10-13(3)30-14(4)11-27/h12-14,25-26H,5-11H2,1-4H3/t13-,14+. The van der Waals surface area contributed by atoms with Crippen molar-refractivity contribution >= 4 is 21.4 Å². The zero-order valence-electron chi connectivity index (χ0n) is 18.3. The molecule has 11 heteroatoms. The van der Waals surface area contributed by atoms with Crippen LogP contribution in [0.15, 0.2) is 0 Å². The normalized spacial score (nSPS) is 19.8. The Morgan fingerprint density at radius 3 is 1.97 bits per heavy atom. The molecule has 1 saturated heterocycles. The van der Waals surface area contributed by atoms with Crippen LogP contribution in [0.4, 0.5) is 28.9 Å². The predicted molar refractivity (Wildman–Crippen MR) is 113 cm³/mol. The van der Waals surface area contributed by atoms with E-state index < -0.39 is 49.9 Å². The Labute approximate surface area is 181 Å². The van der Waals surface area contributed by atoms with Crippen molar-refractivity contribution in [3.05, 3.63) is 23.3 Å². The molecule has 0 aliphatic carbocycles. The van der Waals surface area contributed by atoms with Gasteiger partial charge in [0.1, 0.15) is 11.4 Å². The molecule has 1 heterocycles. The SMILES string of the molecule is CC(C)S(=O)(=O)NCCCCCNc1c(F)c(F)c(N2C[C@@H](C)O[C@@H](C)C2)c(F)c1F. The van der Waals surface area contributed by atoms with Gasteiger partial charge in [-0.2, -0.15) is 0 Å². The largest absolute Gasteiger partial charge is 0.380 e. The zero-order chi connectivity index (χ0) is 23.3. The summed E-state index contributed by atoms with van der Waals surface area (Å²) in [6.07, 6.45) is 0.844. The van der Waals surface area contributed by atoms with Crippen LogP contribution in [0.2, 0.25) is 0 Å². The van der Waals surface area contributed by atoms with Crippen molar-refractivity contribution in [2.45, 2.75) is 64.4 Å². The molecule has 2 rings (SSSR count). The fourth-order valence-corrected chi connectivity index (χ4v) is 4.20. The molecule has 1 fully saturated rings. The van der Waals surface area contributed by atoms with Gasteiger partial charge in [0.2, 0.25) is 10.0 Å². The van der Waals surface area contributed by atoms with Crippen LogP contribution in [0.3, 0.4) is 0 Å². The van der Waals surface area contributed by atoms with E-state index in [1.54, 1.807) is 27.7 Å². The number of nitrogens with zero attached hydrogens (tertiary/aromatic N) is 1. The third-order valence-electron chi connectivity index (χ3n) is 5.06. The summed E-state index contributed by atoms with van der Waals surface area (Å²) >= 11 is 0. The van der Waals surface area contributed by atoms with Crippen LogP contribution in [0.5, 0.6) is 0 Å². The number of benzene rings is 1. The van der Waals surface area contributed by atoms with Crippen molar-refractivity contribution in [3.8, 4) is 0 Å². The highest BCUT2D eigenvalue weighted by Crippen LogP contribution is 2.35. The van der Waals surface area contributed by atoms with Crippen LogP contribution >= 0.6 is 0 Å². The molecular weight excluding hydrogens is 438 g/mol. The lowest BCUT2D eigenvalue weighted by Crippen LogP contribution is -2.46. The molecule has 0 spiro atoms. The minimum absolute atomic E-state index is 0.0780. The Kier molecular flexibility index (Phi) is 8.96. The van der Waals surface area contributed by atoms with E-state index in [4.69, 9.17) is 4.74 Å². The first-order valence-electron chi connectivity index (χ1n) is 10.4. The topological polar surface area (TPSA) is 70.7 Å². The number of hydrogen-bond donors (Lipinski definition) is 2. The van der Waals surface area contributed by atoms with Crippen molar-refractivity contribution in [1.82, 2.24) is 4.72 Å². The Hall–Kier alpha value is -1.59. The van der Waals surface area contributed by atoms with Gasteiger partial charge in [0.25, 0.3) is 0 Å². The molecule has 1 aromatic rings. The highest BCUT2D eigenvalue weighted by Gasteiger charge is 2.32. The predicted octanol–water partition coefficient (Wildman–Crippen LogP) is 3.77. The van der Waals surface area contributed by atoms with Crippen LogP contribution in [0.25, 0.3) is 0 Å². The molecule has 0 aromatic heterocycles. The molecule has 31 heavy (non-hydrogen) atoms. The number of unbranched alkanes of at least 4 members (excludes halogenated alkanes) is 2. The van der Waals surface area contributed by atoms with Gasteiger partial charge in [-0.1, -0.05) is 6.42 Å². The molecule has 0 bridgehead atoms. The lowest BCUT2D eigenvalue weighted by atomic mass is 10.1. The molecule has 0 saturated carbocycles. The van der Waals surface area contributed by atoms with E-state index in [1.807, 2.05) is 0 Å². The van der Waals surface area contributed by atoms with E-state index in [9.17, 15) is 26.0 Å². The van der Waals surface area contributed by atoms with Gasteiger partial charge in [0.05, 0.1) is 17.5 Å². The van der Waals surface area contributed by atoms with E-state index in [0.29, 0.717) is 19.3 Å². The average molecular weight is 470 g/mol. The van der Waals surface area contributed by atoms with Crippen LogP contribution in [0, 0.1) is 23.3 Å². The fraction of sp³-hybridized carbons (Fsp3) is 0.700. The minimum Gasteiger partial charge on any atom is -0.380 e. The summed E-state index contributed by atoms with van der Waals surface area (Å²) in [5.74, 6) is -5.81. The maximum Gasteiger partial charge on any atom is 0.213 e. The summed E-state index contributed by atoms with van der Waals surface area (Å²) in [4.78, 5) is 1.26. The molecule has 6 nitrogen and oxygen atoms in total. The summed E-state index contributed by atoms with van der Waals surface area (Å²) < 4.78 is 89.5. The first kappa shape index (κ1) is 25.7. The quantitative estimate of drug-likeness (QED) is 0.310. The Morgan fingerprint density at radius 1 is 0.935 bits per heavy atom. The van der Waals surface area contributed by atoms with Crippen molar-refractivity contribution in [1.29, 1.82) is 0 Å². The summed E-state index contributed by atoms with van der Waals surface area (Å²) in [7, 11) is -3.34. The summed E-state index contributed by atoms with van der Waals surface area (Å²) in [5.41, 5.74) is -1.56. The first-order chi connectivity index (χ1) is 14.5. The second-order valence-electron chi connectivity index (χ2n) is 8.12. The molecule has 2 atom stereocenters. The maximum absolute atomic E-state index is 14.6. The van der Waals surface area contributed by atoms with Gasteiger partial charge < -0.3 is 15.0 Å². The highest BCUT2D eigenvalue weighted by molar-refractivity contribution is 7.90. The maximum atomic E-state index is 14.6. The number of sulfonamides is 1. The third-order valence-corrected chi connectivity index (χ3v) is 6.90. The van der Waals surface area contributed by atoms with Crippen molar-refractivity contribution < 1.29 is 30.7 Å². The highest BCUT2D eigenvalue weighted by atomic mass is 32.2. The Balaban J connectivity index is 1.96. The number of halogens is 4. The van der Waals surface area contributed by atoms with Crippen molar-refractivity contribution in [2.24, 2.45) is 0 Å². The van der Waals surface area contributed by atoms with Gasteiger partial charge in [-0.05, 0) is 40.5 Å². The summed E-state index contributed by atoms with van der Waals surface area (Å²) in [5, 5.41) is 1.89. The third kappa shape index (κ3) is 6.45. The van der Waals surface area contributed by atoms with Crippen LogP contribution in [0.1, 0.15) is 47.0 Å². The van der Waals surface area contributed by atoms with Crippen LogP contribution in [-0.2, 0) is 14.8 Å². The van der Waals surface area contributed by atoms with Gasteiger partial charge in [-0.25, -0.2) is 30.7 Å². The lowest BCUT2D eigenvalue weighted by Gasteiger charge is -2.37. The van der Waals surface area contributed by atoms with Gasteiger partial charge >= 0.3 is 0 Å². The van der Waals surface area contributed by atoms with Gasteiger partial charge in [0.15, 0.2) is 23.3 Å². The number of anilines is 2. The fourth-order valence-electron chi connectivity index (χ4n) is 3.43. The molecule has 2 N–H and O–H groups in total. The zero-order valence-corrected chi connectivity index (χ0v) is 19.1. The average Bonchev–Trinajstić information content (AvgIpc) is 2.67. The second kappa shape index (κ2) is 10.8. The number of rotatable bonds is 10. The smallest absolute Gasteiger partial charge is 0.213 e. The van der Waals surface area contributed by atoms with Crippen LogP contribution < -0.4 is 14.9 Å². The molecule has 0 radical (unpaired) electrons. The number of morpholine rings is 1. The van der Waals surface area contributed by atoms with E-state index in [2.05, 4.69) is 10.0 Å². The molecule has 178 valence electrons. The molecular formula is C20H31F4N3O3S. The molecule has 0 amide bonds. The molecule has 0 unspecified atom stereocenters. The minimum atomic E-state index is -3.34. The van der Waals surface area contributed by atoms with Gasteiger partial charge in [-0.15, -0.1) is 0 Å². The summed E-state index contributed by atoms with van der Waals surface area (Å²) in [6, 6.07) is 0. The number of hydrogen-bond acceptors (Lipinski definition) is 5. The number of nitrogens with one attached hydrogen (secondary N) is 2. The van der Waals surface area contributed by atoms with Crippen molar-refractivity contribution in [2.75, 3.05) is 36.4 Å².